The minimum absolute atomic E-state index is 0.0257. The number of ether oxygens (including phenoxy) is 3. The molecule has 0 amide bonds. The molecule has 0 aliphatic rings. The Kier molecular flexibility index (Phi) is 14.1. The number of nitrogens with one attached hydrogen (secondary N) is 3. The van der Waals surface area contributed by atoms with Crippen LogP contribution in [0.3, 0.4) is 0 Å². The second kappa shape index (κ2) is 15.9. The number of benzene rings is 1. The van der Waals surface area contributed by atoms with Crippen molar-refractivity contribution in [3.8, 4) is 17.2 Å². The average Bonchev–Trinajstić information content (AvgIpc) is 2.72. The van der Waals surface area contributed by atoms with Gasteiger partial charge in [0.2, 0.25) is 5.75 Å². The highest BCUT2D eigenvalue weighted by Gasteiger charge is 2.18. The fraction of sp³-hybridized carbons (Fsp3) is 0.731. The van der Waals surface area contributed by atoms with Crippen LogP contribution in [-0.4, -0.2) is 63.4 Å². The van der Waals surface area contributed by atoms with Crippen LogP contribution in [0.1, 0.15) is 61.0 Å². The van der Waals surface area contributed by atoms with Gasteiger partial charge in [-0.3, -0.25) is 4.79 Å². The van der Waals surface area contributed by atoms with Crippen molar-refractivity contribution in [1.29, 1.82) is 0 Å². The lowest BCUT2D eigenvalue weighted by Gasteiger charge is -2.20. The summed E-state index contributed by atoms with van der Waals surface area (Å²) >= 11 is 0. The predicted molar refractivity (Wildman–Crippen MR) is 136 cm³/mol. The summed E-state index contributed by atoms with van der Waals surface area (Å²) in [6, 6.07) is 4.98. The SMILES string of the molecule is CC(C)NCCOc1cc(CC(=O)C(C)C)cc(OCCNC(C)C)c1OCCNC(C)C. The number of hydrogen-bond donors (Lipinski definition) is 3. The molecule has 0 atom stereocenters. The Morgan fingerprint density at radius 2 is 1.09 bits per heavy atom. The highest BCUT2D eigenvalue weighted by molar-refractivity contribution is 5.83. The van der Waals surface area contributed by atoms with Gasteiger partial charge in [-0.2, -0.15) is 0 Å². The first-order valence-electron chi connectivity index (χ1n) is 12.4. The molecule has 0 fully saturated rings. The summed E-state index contributed by atoms with van der Waals surface area (Å²) in [4.78, 5) is 12.4. The molecule has 0 radical (unpaired) electrons. The van der Waals surface area contributed by atoms with Gasteiger partial charge >= 0.3 is 0 Å². The van der Waals surface area contributed by atoms with Crippen molar-refractivity contribution in [2.45, 2.75) is 79.9 Å². The van der Waals surface area contributed by atoms with Crippen LogP contribution in [0.5, 0.6) is 17.2 Å². The quantitative estimate of drug-likeness (QED) is 0.286. The molecule has 1 aromatic carbocycles. The fourth-order valence-electron chi connectivity index (χ4n) is 3.01. The Labute approximate surface area is 201 Å². The molecule has 0 saturated heterocycles. The van der Waals surface area contributed by atoms with Crippen LogP contribution in [0.15, 0.2) is 12.1 Å². The summed E-state index contributed by atoms with van der Waals surface area (Å²) in [5.74, 6) is 1.99. The molecule has 0 unspecified atom stereocenters. The third-order valence-corrected chi connectivity index (χ3v) is 4.83. The van der Waals surface area contributed by atoms with Gasteiger partial charge in [0.05, 0.1) is 0 Å². The molecule has 0 bridgehead atoms. The molecule has 0 saturated carbocycles. The van der Waals surface area contributed by atoms with E-state index in [1.54, 1.807) is 0 Å². The second-order valence-electron chi connectivity index (χ2n) is 9.59. The Hall–Kier alpha value is -1.83. The number of hydrogen-bond acceptors (Lipinski definition) is 7. The Morgan fingerprint density at radius 1 is 0.697 bits per heavy atom. The number of Topliss-reactive ketones (excluding diaryl/α,β-unsaturated/α-hetero) is 1. The minimum atomic E-state index is -0.0257. The zero-order valence-corrected chi connectivity index (χ0v) is 22.0. The summed E-state index contributed by atoms with van der Waals surface area (Å²) in [5.41, 5.74) is 0.875. The molecule has 190 valence electrons. The molecule has 0 aliphatic heterocycles. The molecule has 0 heterocycles. The number of carbonyl (C=O) groups excluding carboxylic acids is 1. The van der Waals surface area contributed by atoms with Crippen molar-refractivity contribution >= 4 is 5.78 Å². The summed E-state index contributed by atoms with van der Waals surface area (Å²) in [6.45, 7) is 20.1. The number of carbonyl (C=O) groups is 1. The average molecular weight is 466 g/mol. The first-order chi connectivity index (χ1) is 15.6. The van der Waals surface area contributed by atoms with Gasteiger partial charge in [0, 0.05) is 50.1 Å². The maximum atomic E-state index is 12.4. The largest absolute Gasteiger partial charge is 0.488 e. The normalized spacial score (nSPS) is 11.6. The molecule has 0 aliphatic carbocycles. The standard InChI is InChI=1S/C26H47N3O4/c1-18(2)23(30)15-22-16-24(31-12-9-27-19(3)4)26(33-14-11-29-21(7)8)25(17-22)32-13-10-28-20(5)6/h16-21,27-29H,9-15H2,1-8H3. The zero-order valence-electron chi connectivity index (χ0n) is 22.0. The predicted octanol–water partition coefficient (Wildman–Crippen LogP) is 3.58. The molecule has 3 N–H and O–H groups in total. The van der Waals surface area contributed by atoms with E-state index < -0.39 is 0 Å². The summed E-state index contributed by atoms with van der Waals surface area (Å²) in [7, 11) is 0. The van der Waals surface area contributed by atoms with E-state index in [9.17, 15) is 4.79 Å². The second-order valence-corrected chi connectivity index (χ2v) is 9.59. The van der Waals surface area contributed by atoms with Gasteiger partial charge in [0.15, 0.2) is 11.5 Å². The zero-order chi connectivity index (χ0) is 24.8. The van der Waals surface area contributed by atoms with Crippen molar-refractivity contribution in [1.82, 2.24) is 16.0 Å². The first kappa shape index (κ1) is 29.2. The fourth-order valence-corrected chi connectivity index (χ4v) is 3.01. The summed E-state index contributed by atoms with van der Waals surface area (Å²) in [6.07, 6.45) is 0.341. The molecule has 0 aromatic heterocycles. The van der Waals surface area contributed by atoms with Gasteiger partial charge in [-0.25, -0.2) is 0 Å². The van der Waals surface area contributed by atoms with Crippen LogP contribution in [0.25, 0.3) is 0 Å². The molecule has 1 aromatic rings. The van der Waals surface area contributed by atoms with Gasteiger partial charge < -0.3 is 30.2 Å². The molecule has 0 spiro atoms. The molecular formula is C26H47N3O4. The number of ketones is 1. The van der Waals surface area contributed by atoms with E-state index >= 15 is 0 Å². The Morgan fingerprint density at radius 3 is 1.45 bits per heavy atom. The Bertz CT molecular complexity index is 653. The van der Waals surface area contributed by atoms with Crippen LogP contribution >= 0.6 is 0 Å². The van der Waals surface area contributed by atoms with Gasteiger partial charge in [-0.05, 0) is 17.7 Å². The van der Waals surface area contributed by atoms with E-state index in [4.69, 9.17) is 14.2 Å². The monoisotopic (exact) mass is 465 g/mol. The highest BCUT2D eigenvalue weighted by atomic mass is 16.5. The smallest absolute Gasteiger partial charge is 0.203 e. The van der Waals surface area contributed by atoms with E-state index in [0.717, 1.165) is 18.7 Å². The maximum absolute atomic E-state index is 12.4. The van der Waals surface area contributed by atoms with E-state index in [1.807, 2.05) is 26.0 Å². The Balaban J connectivity index is 3.12. The molecule has 7 nitrogen and oxygen atoms in total. The van der Waals surface area contributed by atoms with Crippen LogP contribution in [0.4, 0.5) is 0 Å². The molecule has 33 heavy (non-hydrogen) atoms. The van der Waals surface area contributed by atoms with Crippen LogP contribution in [-0.2, 0) is 11.2 Å². The van der Waals surface area contributed by atoms with E-state index in [0.29, 0.717) is 68.2 Å². The number of rotatable bonds is 18. The van der Waals surface area contributed by atoms with Crippen molar-refractivity contribution in [2.75, 3.05) is 39.5 Å². The minimum Gasteiger partial charge on any atom is -0.488 e. The van der Waals surface area contributed by atoms with Crippen LogP contribution in [0, 0.1) is 5.92 Å². The lowest BCUT2D eigenvalue weighted by atomic mass is 10.0. The molecule has 7 heteroatoms. The van der Waals surface area contributed by atoms with Crippen LogP contribution < -0.4 is 30.2 Å². The first-order valence-corrected chi connectivity index (χ1v) is 12.4. The van der Waals surface area contributed by atoms with Crippen molar-refractivity contribution in [2.24, 2.45) is 5.92 Å². The topological polar surface area (TPSA) is 80.9 Å². The molecular weight excluding hydrogens is 418 g/mol. The third-order valence-electron chi connectivity index (χ3n) is 4.83. The van der Waals surface area contributed by atoms with Crippen molar-refractivity contribution in [3.63, 3.8) is 0 Å². The third kappa shape index (κ3) is 12.8. The van der Waals surface area contributed by atoms with Gasteiger partial charge in [0.1, 0.15) is 25.6 Å². The van der Waals surface area contributed by atoms with E-state index in [-0.39, 0.29) is 11.7 Å². The summed E-state index contributed by atoms with van der Waals surface area (Å²) in [5, 5.41) is 10.1. The lowest BCUT2D eigenvalue weighted by Crippen LogP contribution is -2.29. The maximum Gasteiger partial charge on any atom is 0.203 e. The van der Waals surface area contributed by atoms with Crippen LogP contribution in [0.2, 0.25) is 0 Å². The molecule has 1 rings (SSSR count). The highest BCUT2D eigenvalue weighted by Crippen LogP contribution is 2.39. The van der Waals surface area contributed by atoms with Gasteiger partial charge in [0.25, 0.3) is 0 Å². The van der Waals surface area contributed by atoms with Crippen molar-refractivity contribution in [3.05, 3.63) is 17.7 Å². The summed E-state index contributed by atoms with van der Waals surface area (Å²) < 4.78 is 18.4. The lowest BCUT2D eigenvalue weighted by molar-refractivity contribution is -0.121. The van der Waals surface area contributed by atoms with E-state index in [2.05, 4.69) is 57.5 Å². The van der Waals surface area contributed by atoms with Gasteiger partial charge in [-0.15, -0.1) is 0 Å². The van der Waals surface area contributed by atoms with E-state index in [1.165, 1.54) is 0 Å². The van der Waals surface area contributed by atoms with Crippen molar-refractivity contribution < 1.29 is 19.0 Å². The van der Waals surface area contributed by atoms with Gasteiger partial charge in [-0.1, -0.05) is 55.4 Å².